The van der Waals surface area contributed by atoms with Crippen molar-refractivity contribution in [3.8, 4) is 0 Å². The van der Waals surface area contributed by atoms with E-state index in [1.54, 1.807) is 6.07 Å². The lowest BCUT2D eigenvalue weighted by atomic mass is 10.0. The highest BCUT2D eigenvalue weighted by atomic mass is 79.9. The van der Waals surface area contributed by atoms with E-state index in [-0.39, 0.29) is 29.9 Å². The number of amides is 2. The number of sulfone groups is 1. The van der Waals surface area contributed by atoms with Crippen LogP contribution in [0.5, 0.6) is 0 Å². The summed E-state index contributed by atoms with van der Waals surface area (Å²) in [6.07, 6.45) is 3.25. The van der Waals surface area contributed by atoms with Crippen LogP contribution >= 0.6 is 15.9 Å². The number of nitrogens with zero attached hydrogens (tertiary/aromatic N) is 1. The van der Waals surface area contributed by atoms with Crippen molar-refractivity contribution in [2.24, 2.45) is 0 Å². The molecule has 2 N–H and O–H groups in total. The Hall–Kier alpha value is -1.39. The van der Waals surface area contributed by atoms with Gasteiger partial charge in [-0.2, -0.15) is 0 Å². The molecule has 0 unspecified atom stereocenters. The normalized spacial score (nSPS) is 25.7. The van der Waals surface area contributed by atoms with E-state index >= 15 is 0 Å². The third-order valence-corrected chi connectivity index (χ3v) is 6.88. The van der Waals surface area contributed by atoms with E-state index in [2.05, 4.69) is 31.5 Å². The molecule has 1 aromatic heterocycles. The zero-order valence-corrected chi connectivity index (χ0v) is 16.6. The molecule has 0 bridgehead atoms. The number of furan rings is 1. The van der Waals surface area contributed by atoms with Crippen molar-refractivity contribution < 1.29 is 22.4 Å². The van der Waals surface area contributed by atoms with Gasteiger partial charge in [0.2, 0.25) is 5.91 Å². The molecule has 2 aliphatic heterocycles. The Bertz CT molecular complexity index is 773. The average Bonchev–Trinajstić information content (AvgIpc) is 3.16. The number of rotatable bonds is 5. The quantitative estimate of drug-likeness (QED) is 0.681. The van der Waals surface area contributed by atoms with E-state index in [1.165, 1.54) is 6.07 Å². The average molecular weight is 448 g/mol. The minimum atomic E-state index is -3.18. The largest absolute Gasteiger partial charge is 0.444 e. The van der Waals surface area contributed by atoms with Crippen molar-refractivity contribution in [3.63, 3.8) is 0 Å². The third kappa shape index (κ3) is 4.86. The standard InChI is InChI=1S/C16H22BrN3O5S/c17-14-5-4-13(25-14)16(22)18-8-15(21)19-11-9-26(23,24)10-12(11)20-6-2-1-3-7-20/h4-5,11-12H,1-3,6-10H2,(H,18,22)(H,19,21)/t11-,12+/m0/s1. The number of carbonyl (C=O) groups excluding carboxylic acids is 2. The van der Waals surface area contributed by atoms with Crippen LogP contribution in [0.2, 0.25) is 0 Å². The molecule has 3 heterocycles. The van der Waals surface area contributed by atoms with Crippen molar-refractivity contribution >= 4 is 37.6 Å². The number of piperidine rings is 1. The van der Waals surface area contributed by atoms with Crippen LogP contribution in [-0.4, -0.2) is 68.4 Å². The second-order valence-electron chi connectivity index (χ2n) is 6.70. The predicted octanol–water partition coefficient (Wildman–Crippen LogP) is 0.540. The monoisotopic (exact) mass is 447 g/mol. The predicted molar refractivity (Wildman–Crippen MR) is 98.5 cm³/mol. The molecule has 0 radical (unpaired) electrons. The van der Waals surface area contributed by atoms with Gasteiger partial charge in [-0.3, -0.25) is 14.5 Å². The highest BCUT2D eigenvalue weighted by Crippen LogP contribution is 2.22. The Balaban J connectivity index is 1.55. The zero-order chi connectivity index (χ0) is 18.7. The molecule has 1 aromatic rings. The van der Waals surface area contributed by atoms with E-state index in [9.17, 15) is 18.0 Å². The fraction of sp³-hybridized carbons (Fsp3) is 0.625. The lowest BCUT2D eigenvalue weighted by molar-refractivity contribution is -0.121. The van der Waals surface area contributed by atoms with Crippen LogP contribution < -0.4 is 10.6 Å². The first-order valence-electron chi connectivity index (χ1n) is 8.61. The topological polar surface area (TPSA) is 109 Å². The summed E-state index contributed by atoms with van der Waals surface area (Å²) in [7, 11) is -3.18. The summed E-state index contributed by atoms with van der Waals surface area (Å²) in [5.41, 5.74) is 0. The van der Waals surface area contributed by atoms with Gasteiger partial charge in [0.15, 0.2) is 20.3 Å². The van der Waals surface area contributed by atoms with Gasteiger partial charge in [-0.1, -0.05) is 6.42 Å². The molecule has 0 spiro atoms. The fourth-order valence-corrected chi connectivity index (χ4v) is 5.78. The Labute approximate surface area is 160 Å². The molecular formula is C16H22BrN3O5S. The number of likely N-dealkylation sites (tertiary alicyclic amines) is 1. The first-order valence-corrected chi connectivity index (χ1v) is 11.2. The fourth-order valence-electron chi connectivity index (χ4n) is 3.52. The van der Waals surface area contributed by atoms with Gasteiger partial charge in [0.1, 0.15) is 0 Å². The van der Waals surface area contributed by atoms with Gasteiger partial charge >= 0.3 is 0 Å². The number of nitrogens with one attached hydrogen (secondary N) is 2. The molecule has 2 atom stereocenters. The lowest BCUT2D eigenvalue weighted by Crippen LogP contribution is -2.53. The summed E-state index contributed by atoms with van der Waals surface area (Å²) in [4.78, 5) is 26.3. The summed E-state index contributed by atoms with van der Waals surface area (Å²) in [5.74, 6) is -0.797. The number of hydrogen-bond acceptors (Lipinski definition) is 6. The smallest absolute Gasteiger partial charge is 0.287 e. The first-order chi connectivity index (χ1) is 12.3. The Morgan fingerprint density at radius 2 is 1.92 bits per heavy atom. The molecule has 0 aromatic carbocycles. The Kier molecular flexibility index (Phi) is 6.03. The molecule has 0 saturated carbocycles. The van der Waals surface area contributed by atoms with E-state index in [0.29, 0.717) is 4.67 Å². The van der Waals surface area contributed by atoms with Gasteiger partial charge < -0.3 is 15.1 Å². The second kappa shape index (κ2) is 8.10. The van der Waals surface area contributed by atoms with E-state index < -0.39 is 27.7 Å². The van der Waals surface area contributed by atoms with Gasteiger partial charge in [-0.15, -0.1) is 0 Å². The number of carbonyl (C=O) groups is 2. The Morgan fingerprint density at radius 1 is 1.19 bits per heavy atom. The molecule has 0 aliphatic carbocycles. The van der Waals surface area contributed by atoms with Crippen molar-refractivity contribution in [2.45, 2.75) is 31.3 Å². The van der Waals surface area contributed by atoms with E-state index in [1.807, 2.05) is 0 Å². The second-order valence-corrected chi connectivity index (χ2v) is 9.64. The summed E-state index contributed by atoms with van der Waals surface area (Å²) >= 11 is 3.11. The SMILES string of the molecule is O=C(CNC(=O)c1ccc(Br)o1)N[C@H]1CS(=O)(=O)C[C@H]1N1CCCCC1. The third-order valence-electron chi connectivity index (χ3n) is 4.74. The molecule has 2 fully saturated rings. The number of hydrogen-bond donors (Lipinski definition) is 2. The number of halogens is 1. The summed E-state index contributed by atoms with van der Waals surface area (Å²) in [5, 5.41) is 5.25. The lowest BCUT2D eigenvalue weighted by Gasteiger charge is -2.35. The summed E-state index contributed by atoms with van der Waals surface area (Å²) in [6, 6.07) is 2.44. The first kappa shape index (κ1) is 19.4. The van der Waals surface area contributed by atoms with Gasteiger partial charge in [0.25, 0.3) is 5.91 Å². The van der Waals surface area contributed by atoms with Gasteiger partial charge in [-0.05, 0) is 54.0 Å². The summed E-state index contributed by atoms with van der Waals surface area (Å²) < 4.78 is 29.7. The molecule has 2 amide bonds. The zero-order valence-electron chi connectivity index (χ0n) is 14.2. The van der Waals surface area contributed by atoms with Gasteiger partial charge in [0.05, 0.1) is 24.1 Å². The molecule has 3 rings (SSSR count). The van der Waals surface area contributed by atoms with Gasteiger partial charge in [0, 0.05) is 6.04 Å². The van der Waals surface area contributed by atoms with Crippen LogP contribution in [0.25, 0.3) is 0 Å². The maximum absolute atomic E-state index is 12.2. The molecule has 144 valence electrons. The van der Waals surface area contributed by atoms with Crippen LogP contribution in [-0.2, 0) is 14.6 Å². The van der Waals surface area contributed by atoms with Crippen LogP contribution in [0.3, 0.4) is 0 Å². The molecule has 8 nitrogen and oxygen atoms in total. The van der Waals surface area contributed by atoms with Crippen molar-refractivity contribution in [2.75, 3.05) is 31.1 Å². The maximum atomic E-state index is 12.2. The molecular weight excluding hydrogens is 426 g/mol. The summed E-state index contributed by atoms with van der Waals surface area (Å²) in [6.45, 7) is 1.48. The van der Waals surface area contributed by atoms with Crippen LogP contribution in [0.1, 0.15) is 29.8 Å². The van der Waals surface area contributed by atoms with E-state index in [4.69, 9.17) is 4.42 Å². The molecule has 2 aliphatic rings. The van der Waals surface area contributed by atoms with E-state index in [0.717, 1.165) is 32.4 Å². The van der Waals surface area contributed by atoms with Crippen LogP contribution in [0.4, 0.5) is 0 Å². The molecule has 26 heavy (non-hydrogen) atoms. The maximum Gasteiger partial charge on any atom is 0.287 e. The molecule has 10 heteroatoms. The van der Waals surface area contributed by atoms with Crippen molar-refractivity contribution in [3.05, 3.63) is 22.6 Å². The Morgan fingerprint density at radius 3 is 2.58 bits per heavy atom. The molecule has 2 saturated heterocycles. The highest BCUT2D eigenvalue weighted by molar-refractivity contribution is 9.10. The minimum Gasteiger partial charge on any atom is -0.444 e. The van der Waals surface area contributed by atoms with Gasteiger partial charge in [-0.25, -0.2) is 8.42 Å². The van der Waals surface area contributed by atoms with Crippen molar-refractivity contribution in [1.82, 2.24) is 15.5 Å². The van der Waals surface area contributed by atoms with Crippen LogP contribution in [0, 0.1) is 0 Å². The van der Waals surface area contributed by atoms with Crippen molar-refractivity contribution in [1.29, 1.82) is 0 Å². The highest BCUT2D eigenvalue weighted by Gasteiger charge is 2.41. The minimum absolute atomic E-state index is 0.0566. The van der Waals surface area contributed by atoms with Crippen LogP contribution in [0.15, 0.2) is 21.2 Å².